The maximum Gasteiger partial charge on any atom is 0.253 e. The summed E-state index contributed by atoms with van der Waals surface area (Å²) in [5.74, 6) is -0.528. The molecule has 4 rings (SSSR count). The first-order valence-electron chi connectivity index (χ1n) is 7.65. The predicted molar refractivity (Wildman–Crippen MR) is 89.8 cm³/mol. The summed E-state index contributed by atoms with van der Waals surface area (Å²) in [5.41, 5.74) is 3.16. The van der Waals surface area contributed by atoms with Crippen molar-refractivity contribution >= 4 is 28.6 Å². The van der Waals surface area contributed by atoms with Crippen LogP contribution in [-0.4, -0.2) is 40.7 Å². The van der Waals surface area contributed by atoms with Gasteiger partial charge in [0, 0.05) is 24.1 Å². The van der Waals surface area contributed by atoms with E-state index in [1.54, 1.807) is 0 Å². The van der Waals surface area contributed by atoms with Gasteiger partial charge >= 0.3 is 0 Å². The molecule has 1 aromatic heterocycles. The first-order valence-corrected chi connectivity index (χ1v) is 8.53. The van der Waals surface area contributed by atoms with Crippen LogP contribution < -0.4 is 5.32 Å². The average molecular weight is 341 g/mol. The summed E-state index contributed by atoms with van der Waals surface area (Å²) in [7, 11) is 0. The van der Waals surface area contributed by atoms with Gasteiger partial charge in [0.2, 0.25) is 0 Å². The van der Waals surface area contributed by atoms with Crippen LogP contribution in [0.1, 0.15) is 26.4 Å². The number of carbonyl (C=O) groups excluding carboxylic acids is 2. The van der Waals surface area contributed by atoms with Crippen LogP contribution in [0.2, 0.25) is 0 Å². The SMILES string of the molecule is O=C1Cc2ccccc2C(=C2C(O)CNC(=O)C2O)c2ccsc21. The van der Waals surface area contributed by atoms with Gasteiger partial charge < -0.3 is 15.5 Å². The number of nitrogens with one attached hydrogen (secondary N) is 1. The van der Waals surface area contributed by atoms with Crippen LogP contribution in [0.4, 0.5) is 0 Å². The van der Waals surface area contributed by atoms with Crippen molar-refractivity contribution in [1.82, 2.24) is 5.32 Å². The van der Waals surface area contributed by atoms with Crippen molar-refractivity contribution < 1.29 is 19.8 Å². The molecule has 0 saturated carbocycles. The van der Waals surface area contributed by atoms with Crippen molar-refractivity contribution in [3.8, 4) is 0 Å². The number of benzene rings is 1. The number of hydrogen-bond acceptors (Lipinski definition) is 5. The van der Waals surface area contributed by atoms with Gasteiger partial charge in [-0.3, -0.25) is 9.59 Å². The Morgan fingerprint density at radius 1 is 1.08 bits per heavy atom. The number of aliphatic hydroxyl groups is 2. The van der Waals surface area contributed by atoms with E-state index in [0.29, 0.717) is 16.0 Å². The lowest BCUT2D eigenvalue weighted by Crippen LogP contribution is -2.49. The molecule has 2 aliphatic rings. The average Bonchev–Trinajstić information content (AvgIpc) is 3.01. The number of ketones is 1. The van der Waals surface area contributed by atoms with E-state index in [1.807, 2.05) is 35.7 Å². The molecule has 1 aliphatic heterocycles. The van der Waals surface area contributed by atoms with Crippen LogP contribution in [0.15, 0.2) is 41.3 Å². The molecule has 6 heteroatoms. The van der Waals surface area contributed by atoms with E-state index >= 15 is 0 Å². The van der Waals surface area contributed by atoms with Crippen molar-refractivity contribution in [1.29, 1.82) is 0 Å². The molecule has 122 valence electrons. The molecular weight excluding hydrogens is 326 g/mol. The smallest absolute Gasteiger partial charge is 0.253 e. The third-order valence-corrected chi connectivity index (χ3v) is 5.44. The monoisotopic (exact) mass is 341 g/mol. The highest BCUT2D eigenvalue weighted by Crippen LogP contribution is 2.40. The molecule has 1 amide bonds. The van der Waals surface area contributed by atoms with Gasteiger partial charge in [0.05, 0.1) is 11.0 Å². The van der Waals surface area contributed by atoms with Crippen LogP contribution in [0.3, 0.4) is 0 Å². The molecule has 0 radical (unpaired) electrons. The van der Waals surface area contributed by atoms with Gasteiger partial charge in [-0.05, 0) is 28.1 Å². The van der Waals surface area contributed by atoms with Crippen LogP contribution in [0.5, 0.6) is 0 Å². The maximum atomic E-state index is 12.6. The topological polar surface area (TPSA) is 86.6 Å². The first kappa shape index (κ1) is 15.3. The summed E-state index contributed by atoms with van der Waals surface area (Å²) < 4.78 is 0. The third kappa shape index (κ3) is 2.23. The van der Waals surface area contributed by atoms with Gasteiger partial charge in [-0.1, -0.05) is 24.3 Å². The first-order chi connectivity index (χ1) is 11.6. The van der Waals surface area contributed by atoms with E-state index < -0.39 is 18.1 Å². The Hall–Kier alpha value is -2.28. The summed E-state index contributed by atoms with van der Waals surface area (Å²) >= 11 is 1.34. The minimum atomic E-state index is -1.43. The van der Waals surface area contributed by atoms with Crippen LogP contribution in [0, 0.1) is 0 Å². The van der Waals surface area contributed by atoms with E-state index in [2.05, 4.69) is 5.32 Å². The zero-order valence-corrected chi connectivity index (χ0v) is 13.5. The number of aliphatic hydroxyl groups excluding tert-OH is 2. The molecule has 2 heterocycles. The summed E-state index contributed by atoms with van der Waals surface area (Å²) in [6, 6.07) is 9.25. The molecule has 0 spiro atoms. The van der Waals surface area contributed by atoms with Crippen molar-refractivity contribution in [2.45, 2.75) is 18.6 Å². The second-order valence-electron chi connectivity index (χ2n) is 5.91. The van der Waals surface area contributed by atoms with Gasteiger partial charge in [-0.2, -0.15) is 0 Å². The number of rotatable bonds is 0. The number of thiophene rings is 1. The van der Waals surface area contributed by atoms with Gasteiger partial charge in [0.25, 0.3) is 5.91 Å². The lowest BCUT2D eigenvalue weighted by Gasteiger charge is -2.29. The van der Waals surface area contributed by atoms with Crippen molar-refractivity contribution in [2.24, 2.45) is 0 Å². The molecule has 5 nitrogen and oxygen atoms in total. The molecule has 24 heavy (non-hydrogen) atoms. The molecule has 2 aromatic rings. The Morgan fingerprint density at radius 3 is 2.71 bits per heavy atom. The predicted octanol–water partition coefficient (Wildman–Crippen LogP) is 1.14. The number of hydrogen-bond donors (Lipinski definition) is 3. The second kappa shape index (κ2) is 5.66. The lowest BCUT2D eigenvalue weighted by atomic mass is 9.85. The van der Waals surface area contributed by atoms with Gasteiger partial charge in [-0.15, -0.1) is 11.3 Å². The fraction of sp³-hybridized carbons (Fsp3) is 0.222. The lowest BCUT2D eigenvalue weighted by molar-refractivity contribution is -0.130. The zero-order chi connectivity index (χ0) is 16.8. The molecule has 1 aromatic carbocycles. The molecule has 2 atom stereocenters. The minimum absolute atomic E-state index is 0.00675. The number of fused-ring (bicyclic) bond motifs is 2. The van der Waals surface area contributed by atoms with Crippen LogP contribution in [-0.2, 0) is 11.2 Å². The Kier molecular flexibility index (Phi) is 3.60. The Labute approximate surface area is 142 Å². The zero-order valence-electron chi connectivity index (χ0n) is 12.7. The van der Waals surface area contributed by atoms with E-state index in [0.717, 1.165) is 11.1 Å². The molecule has 0 bridgehead atoms. The minimum Gasteiger partial charge on any atom is -0.387 e. The van der Waals surface area contributed by atoms with E-state index in [9.17, 15) is 19.8 Å². The summed E-state index contributed by atoms with van der Waals surface area (Å²) in [6.45, 7) is 0.0459. The quantitative estimate of drug-likeness (QED) is 0.671. The van der Waals surface area contributed by atoms with Crippen LogP contribution >= 0.6 is 11.3 Å². The van der Waals surface area contributed by atoms with Crippen molar-refractivity contribution in [2.75, 3.05) is 6.54 Å². The fourth-order valence-corrected chi connectivity index (χ4v) is 4.22. The molecule has 1 aliphatic carbocycles. The molecule has 1 fully saturated rings. The number of amides is 1. The van der Waals surface area contributed by atoms with Crippen LogP contribution in [0.25, 0.3) is 5.57 Å². The molecule has 1 saturated heterocycles. The van der Waals surface area contributed by atoms with E-state index in [4.69, 9.17) is 0 Å². The second-order valence-corrected chi connectivity index (χ2v) is 6.83. The van der Waals surface area contributed by atoms with Crippen molar-refractivity contribution in [3.05, 3.63) is 62.9 Å². The standard InChI is InChI=1S/C18H15NO4S/c20-12-7-9-3-1-2-4-10(9)14(11-5-6-24-17(11)12)15-13(21)8-19-18(23)16(15)22/h1-6,13,16,21-22H,7-8H2,(H,19,23). The highest BCUT2D eigenvalue weighted by atomic mass is 32.1. The van der Waals surface area contributed by atoms with E-state index in [-0.39, 0.29) is 24.3 Å². The summed E-state index contributed by atoms with van der Waals surface area (Å²) in [4.78, 5) is 25.1. The summed E-state index contributed by atoms with van der Waals surface area (Å²) in [6.07, 6.45) is -2.17. The fourth-order valence-electron chi connectivity index (χ4n) is 3.38. The molecule has 3 N–H and O–H groups in total. The number of Topliss-reactive ketones (excluding diaryl/α,β-unsaturated/α-hetero) is 1. The van der Waals surface area contributed by atoms with Crippen molar-refractivity contribution in [3.63, 3.8) is 0 Å². The van der Waals surface area contributed by atoms with Gasteiger partial charge in [0.1, 0.15) is 0 Å². The van der Waals surface area contributed by atoms with E-state index in [1.165, 1.54) is 11.3 Å². The van der Waals surface area contributed by atoms with Gasteiger partial charge in [0.15, 0.2) is 11.9 Å². The Bertz CT molecular complexity index is 883. The summed E-state index contributed by atoms with van der Waals surface area (Å²) in [5, 5.41) is 25.1. The molecule has 2 unspecified atom stereocenters. The number of piperidine rings is 1. The normalized spacial score (nSPS) is 26.4. The number of carbonyl (C=O) groups is 2. The Morgan fingerprint density at radius 2 is 1.88 bits per heavy atom. The molecular formula is C18H15NO4S. The third-order valence-electron chi connectivity index (χ3n) is 4.49. The number of β-amino-alcohol motifs (C(OH)–C–C–N with tert-alkyl or cyclic N) is 1. The van der Waals surface area contributed by atoms with Gasteiger partial charge in [-0.25, -0.2) is 0 Å². The Balaban J connectivity index is 2.08. The largest absolute Gasteiger partial charge is 0.387 e. The highest BCUT2D eigenvalue weighted by Gasteiger charge is 2.36. The highest BCUT2D eigenvalue weighted by molar-refractivity contribution is 7.12. The maximum absolute atomic E-state index is 12.6.